The second-order valence-electron chi connectivity index (χ2n) is 3.31. The second kappa shape index (κ2) is 3.48. The summed E-state index contributed by atoms with van der Waals surface area (Å²) in [5, 5.41) is 9.07. The van der Waals surface area contributed by atoms with E-state index in [1.54, 1.807) is 0 Å². The zero-order chi connectivity index (χ0) is 8.32. The van der Waals surface area contributed by atoms with Crippen LogP contribution >= 0.6 is 0 Å². The Balaban J connectivity index is 2.42. The molecule has 0 amide bonds. The van der Waals surface area contributed by atoms with Gasteiger partial charge in [-0.1, -0.05) is 12.8 Å². The molecule has 0 saturated heterocycles. The maximum atomic E-state index is 12.7. The summed E-state index contributed by atoms with van der Waals surface area (Å²) in [6, 6.07) is 0. The first kappa shape index (κ1) is 8.91. The lowest BCUT2D eigenvalue weighted by Gasteiger charge is -2.22. The Morgan fingerprint density at radius 1 is 1.18 bits per heavy atom. The van der Waals surface area contributed by atoms with Crippen LogP contribution in [0.2, 0.25) is 0 Å². The molecule has 1 unspecified atom stereocenters. The predicted octanol–water partition coefficient (Wildman–Crippen LogP) is 2.34. The molecule has 1 atom stereocenters. The molecule has 0 aromatic rings. The topological polar surface area (TPSA) is 20.2 Å². The van der Waals surface area contributed by atoms with Crippen molar-refractivity contribution in [1.29, 1.82) is 0 Å². The van der Waals surface area contributed by atoms with Crippen LogP contribution in [-0.4, -0.2) is 17.1 Å². The fraction of sp³-hybridized carbons (Fsp3) is 1.00. The van der Waals surface area contributed by atoms with Crippen molar-refractivity contribution in [2.24, 2.45) is 0 Å². The SMILES string of the molecule is OC1CCCCCC(F)(F)C1. The number of aliphatic hydroxyl groups is 1. The first-order valence-electron chi connectivity index (χ1n) is 4.16. The fourth-order valence-corrected chi connectivity index (χ4v) is 1.49. The van der Waals surface area contributed by atoms with Gasteiger partial charge in [0.25, 0.3) is 5.92 Å². The third-order valence-corrected chi connectivity index (χ3v) is 2.11. The highest BCUT2D eigenvalue weighted by Gasteiger charge is 2.32. The number of rotatable bonds is 0. The van der Waals surface area contributed by atoms with Gasteiger partial charge in [0.2, 0.25) is 0 Å². The van der Waals surface area contributed by atoms with Crippen molar-refractivity contribution in [3.8, 4) is 0 Å². The van der Waals surface area contributed by atoms with Gasteiger partial charge in [0.05, 0.1) is 6.10 Å². The standard InChI is InChI=1S/C8H14F2O/c9-8(10)5-3-1-2-4-7(11)6-8/h7,11H,1-6H2. The summed E-state index contributed by atoms with van der Waals surface area (Å²) in [6.45, 7) is 0. The number of hydrogen-bond donors (Lipinski definition) is 1. The smallest absolute Gasteiger partial charge is 0.250 e. The number of hydrogen-bond acceptors (Lipinski definition) is 1. The minimum absolute atomic E-state index is 0.0515. The van der Waals surface area contributed by atoms with Crippen LogP contribution in [0.15, 0.2) is 0 Å². The highest BCUT2D eigenvalue weighted by Crippen LogP contribution is 2.30. The van der Waals surface area contributed by atoms with E-state index in [9.17, 15) is 8.78 Å². The third kappa shape index (κ3) is 3.14. The average Bonchev–Trinajstić information content (AvgIpc) is 1.82. The van der Waals surface area contributed by atoms with Crippen molar-refractivity contribution in [3.05, 3.63) is 0 Å². The largest absolute Gasteiger partial charge is 0.393 e. The van der Waals surface area contributed by atoms with Gasteiger partial charge in [-0.2, -0.15) is 0 Å². The van der Waals surface area contributed by atoms with E-state index >= 15 is 0 Å². The van der Waals surface area contributed by atoms with Gasteiger partial charge in [0, 0.05) is 12.8 Å². The molecule has 0 aromatic carbocycles. The molecule has 1 saturated carbocycles. The number of alkyl halides is 2. The van der Waals surface area contributed by atoms with Crippen LogP contribution in [0.25, 0.3) is 0 Å². The van der Waals surface area contributed by atoms with E-state index in [0.29, 0.717) is 12.8 Å². The first-order chi connectivity index (χ1) is 5.10. The number of halogens is 2. The average molecular weight is 164 g/mol. The molecule has 0 spiro atoms. The molecule has 1 nitrogen and oxygen atoms in total. The Kier molecular flexibility index (Phi) is 2.82. The van der Waals surface area contributed by atoms with Gasteiger partial charge in [-0.05, 0) is 12.8 Å². The maximum absolute atomic E-state index is 12.7. The molecule has 11 heavy (non-hydrogen) atoms. The molecule has 0 aromatic heterocycles. The molecule has 0 radical (unpaired) electrons. The quantitative estimate of drug-likeness (QED) is 0.582. The molecule has 66 valence electrons. The predicted molar refractivity (Wildman–Crippen MR) is 38.7 cm³/mol. The van der Waals surface area contributed by atoms with Gasteiger partial charge in [-0.3, -0.25) is 0 Å². The molecule has 1 aliphatic carbocycles. The van der Waals surface area contributed by atoms with Crippen molar-refractivity contribution in [3.63, 3.8) is 0 Å². The minimum Gasteiger partial charge on any atom is -0.393 e. The van der Waals surface area contributed by atoms with Crippen LogP contribution in [0.4, 0.5) is 8.78 Å². The van der Waals surface area contributed by atoms with Crippen LogP contribution in [0.1, 0.15) is 38.5 Å². The molecular weight excluding hydrogens is 150 g/mol. The lowest BCUT2D eigenvalue weighted by atomic mass is 9.96. The maximum Gasteiger partial charge on any atom is 0.250 e. The van der Waals surface area contributed by atoms with Crippen molar-refractivity contribution in [2.45, 2.75) is 50.6 Å². The molecule has 1 N–H and O–H groups in total. The summed E-state index contributed by atoms with van der Waals surface area (Å²) < 4.78 is 25.5. The van der Waals surface area contributed by atoms with Gasteiger partial charge in [-0.25, -0.2) is 8.78 Å². The summed E-state index contributed by atoms with van der Waals surface area (Å²) in [4.78, 5) is 0. The van der Waals surface area contributed by atoms with E-state index in [1.807, 2.05) is 0 Å². The monoisotopic (exact) mass is 164 g/mol. The van der Waals surface area contributed by atoms with Crippen LogP contribution < -0.4 is 0 Å². The first-order valence-corrected chi connectivity index (χ1v) is 4.16. The normalized spacial score (nSPS) is 32.5. The Labute approximate surface area is 65.4 Å². The molecule has 1 fully saturated rings. The summed E-state index contributed by atoms with van der Waals surface area (Å²) in [6.07, 6.45) is 1.67. The Hall–Kier alpha value is -0.180. The van der Waals surface area contributed by atoms with E-state index in [-0.39, 0.29) is 12.8 Å². The lowest BCUT2D eigenvalue weighted by molar-refractivity contribution is -0.0592. The van der Waals surface area contributed by atoms with Crippen molar-refractivity contribution < 1.29 is 13.9 Å². The van der Waals surface area contributed by atoms with Gasteiger partial charge in [0.15, 0.2) is 0 Å². The van der Waals surface area contributed by atoms with E-state index < -0.39 is 12.0 Å². The van der Waals surface area contributed by atoms with Gasteiger partial charge >= 0.3 is 0 Å². The summed E-state index contributed by atoms with van der Waals surface area (Å²) in [5.74, 6) is -2.63. The highest BCUT2D eigenvalue weighted by atomic mass is 19.3. The molecule has 3 heteroatoms. The molecule has 0 heterocycles. The van der Waals surface area contributed by atoms with Crippen LogP contribution in [-0.2, 0) is 0 Å². The zero-order valence-corrected chi connectivity index (χ0v) is 6.52. The molecular formula is C8H14F2O. The van der Waals surface area contributed by atoms with E-state index in [0.717, 1.165) is 12.8 Å². The fourth-order valence-electron chi connectivity index (χ4n) is 1.49. The highest BCUT2D eigenvalue weighted by molar-refractivity contribution is 4.74. The molecule has 0 bridgehead atoms. The Morgan fingerprint density at radius 3 is 2.64 bits per heavy atom. The van der Waals surface area contributed by atoms with Crippen LogP contribution in [0.3, 0.4) is 0 Å². The summed E-state index contributed by atoms with van der Waals surface area (Å²) in [5.41, 5.74) is 0. The van der Waals surface area contributed by atoms with Crippen molar-refractivity contribution in [2.75, 3.05) is 0 Å². The van der Waals surface area contributed by atoms with E-state index in [1.165, 1.54) is 0 Å². The summed E-state index contributed by atoms with van der Waals surface area (Å²) >= 11 is 0. The second-order valence-corrected chi connectivity index (χ2v) is 3.31. The third-order valence-electron chi connectivity index (χ3n) is 2.11. The van der Waals surface area contributed by atoms with Crippen molar-refractivity contribution >= 4 is 0 Å². The molecule has 0 aliphatic heterocycles. The number of aliphatic hydroxyl groups excluding tert-OH is 1. The van der Waals surface area contributed by atoms with Crippen molar-refractivity contribution in [1.82, 2.24) is 0 Å². The van der Waals surface area contributed by atoms with E-state index in [4.69, 9.17) is 5.11 Å². The summed E-state index contributed by atoms with van der Waals surface area (Å²) in [7, 11) is 0. The molecule has 1 rings (SSSR count). The van der Waals surface area contributed by atoms with Gasteiger partial charge in [0.1, 0.15) is 0 Å². The van der Waals surface area contributed by atoms with Crippen LogP contribution in [0, 0.1) is 0 Å². The Bertz CT molecular complexity index is 125. The van der Waals surface area contributed by atoms with E-state index in [2.05, 4.69) is 0 Å². The zero-order valence-electron chi connectivity index (χ0n) is 6.52. The lowest BCUT2D eigenvalue weighted by Crippen LogP contribution is -2.25. The Morgan fingerprint density at radius 2 is 1.91 bits per heavy atom. The molecule has 1 aliphatic rings. The minimum atomic E-state index is -2.63. The van der Waals surface area contributed by atoms with Crippen LogP contribution in [0.5, 0.6) is 0 Å². The van der Waals surface area contributed by atoms with Gasteiger partial charge in [-0.15, -0.1) is 0 Å². The van der Waals surface area contributed by atoms with Gasteiger partial charge < -0.3 is 5.11 Å².